The molecular weight excluding hydrogens is 403 g/mol. The lowest BCUT2D eigenvalue weighted by Crippen LogP contribution is -2.44. The van der Waals surface area contributed by atoms with E-state index in [2.05, 4.69) is 16.0 Å². The van der Waals surface area contributed by atoms with E-state index in [9.17, 15) is 18.8 Å². The Balaban J connectivity index is 1.41. The predicted molar refractivity (Wildman–Crippen MR) is 114 cm³/mol. The highest BCUT2D eigenvalue weighted by atomic mass is 19.1. The van der Waals surface area contributed by atoms with E-state index in [0.717, 1.165) is 6.07 Å². The third-order valence-electron chi connectivity index (χ3n) is 5.09. The Labute approximate surface area is 179 Å². The molecule has 0 saturated carbocycles. The highest BCUT2D eigenvalue weighted by Gasteiger charge is 2.24. The maximum absolute atomic E-state index is 13.2. The quantitative estimate of drug-likeness (QED) is 0.638. The van der Waals surface area contributed by atoms with Crippen LogP contribution in [0.4, 0.5) is 20.6 Å². The highest BCUT2D eigenvalue weighted by Crippen LogP contribution is 2.24. The lowest BCUT2D eigenvalue weighted by Gasteiger charge is -2.32. The van der Waals surface area contributed by atoms with E-state index in [0.29, 0.717) is 43.9 Å². The first-order chi connectivity index (χ1) is 15.0. The summed E-state index contributed by atoms with van der Waals surface area (Å²) in [6, 6.07) is 12.3. The third-order valence-corrected chi connectivity index (χ3v) is 5.09. The zero-order chi connectivity index (χ0) is 22.2. The van der Waals surface area contributed by atoms with E-state index in [1.54, 1.807) is 24.1 Å². The van der Waals surface area contributed by atoms with Gasteiger partial charge in [-0.3, -0.25) is 9.59 Å². The van der Waals surface area contributed by atoms with Gasteiger partial charge in [-0.25, -0.2) is 9.18 Å². The second kappa shape index (κ2) is 10.4. The molecular formula is C22H25FN4O4. The van der Waals surface area contributed by atoms with Crippen molar-refractivity contribution in [2.45, 2.75) is 12.8 Å². The van der Waals surface area contributed by atoms with E-state index in [1.807, 2.05) is 12.1 Å². The van der Waals surface area contributed by atoms with Crippen molar-refractivity contribution < 1.29 is 23.5 Å². The molecule has 8 nitrogen and oxygen atoms in total. The van der Waals surface area contributed by atoms with Crippen molar-refractivity contribution in [2.75, 3.05) is 37.4 Å². The SMILES string of the molecule is COc1ccccc1NC(=O)N1CCC(CNC(=O)C(=O)Nc2cccc(F)c2)CC1. The molecule has 164 valence electrons. The summed E-state index contributed by atoms with van der Waals surface area (Å²) < 4.78 is 18.4. The topological polar surface area (TPSA) is 99.8 Å². The van der Waals surface area contributed by atoms with Gasteiger partial charge in [0, 0.05) is 25.3 Å². The van der Waals surface area contributed by atoms with Crippen molar-refractivity contribution in [1.29, 1.82) is 0 Å². The van der Waals surface area contributed by atoms with Crippen LogP contribution >= 0.6 is 0 Å². The molecule has 1 saturated heterocycles. The molecule has 0 unspecified atom stereocenters. The molecule has 9 heteroatoms. The van der Waals surface area contributed by atoms with E-state index in [4.69, 9.17) is 4.74 Å². The number of para-hydroxylation sites is 2. The Morgan fingerprint density at radius 3 is 2.48 bits per heavy atom. The summed E-state index contributed by atoms with van der Waals surface area (Å²) in [4.78, 5) is 38.2. The lowest BCUT2D eigenvalue weighted by molar-refractivity contribution is -0.136. The molecule has 2 aromatic rings. The number of amides is 4. The minimum atomic E-state index is -0.848. The van der Waals surface area contributed by atoms with Crippen LogP contribution in [0.2, 0.25) is 0 Å². The number of hydrogen-bond donors (Lipinski definition) is 3. The summed E-state index contributed by atoms with van der Waals surface area (Å²) in [5, 5.41) is 7.82. The number of ether oxygens (including phenoxy) is 1. The molecule has 0 atom stereocenters. The highest BCUT2D eigenvalue weighted by molar-refractivity contribution is 6.39. The largest absolute Gasteiger partial charge is 0.495 e. The maximum Gasteiger partial charge on any atom is 0.321 e. The van der Waals surface area contributed by atoms with Gasteiger partial charge in [0.1, 0.15) is 11.6 Å². The molecule has 0 radical (unpaired) electrons. The molecule has 1 aliphatic heterocycles. The van der Waals surface area contributed by atoms with Crippen molar-refractivity contribution in [1.82, 2.24) is 10.2 Å². The van der Waals surface area contributed by atoms with Crippen LogP contribution in [-0.2, 0) is 9.59 Å². The van der Waals surface area contributed by atoms with Gasteiger partial charge >= 0.3 is 17.8 Å². The molecule has 3 rings (SSSR count). The number of anilines is 2. The van der Waals surface area contributed by atoms with Gasteiger partial charge in [-0.1, -0.05) is 18.2 Å². The number of benzene rings is 2. The van der Waals surface area contributed by atoms with Gasteiger partial charge < -0.3 is 25.6 Å². The van der Waals surface area contributed by atoms with Gasteiger partial charge in [0.15, 0.2) is 0 Å². The Hall–Kier alpha value is -3.62. The number of rotatable bonds is 5. The molecule has 1 heterocycles. The number of carbonyl (C=O) groups excluding carboxylic acids is 3. The number of hydrogen-bond acceptors (Lipinski definition) is 4. The van der Waals surface area contributed by atoms with Crippen LogP contribution < -0.4 is 20.7 Å². The first-order valence-electron chi connectivity index (χ1n) is 10.00. The third kappa shape index (κ3) is 6.18. The molecule has 0 bridgehead atoms. The van der Waals surface area contributed by atoms with Crippen molar-refractivity contribution >= 4 is 29.2 Å². The number of carbonyl (C=O) groups is 3. The Bertz CT molecular complexity index is 945. The Morgan fingerprint density at radius 2 is 1.77 bits per heavy atom. The first-order valence-corrected chi connectivity index (χ1v) is 10.00. The predicted octanol–water partition coefficient (Wildman–Crippen LogP) is 2.83. The van der Waals surface area contributed by atoms with Crippen molar-refractivity contribution in [2.24, 2.45) is 5.92 Å². The molecule has 4 amide bonds. The van der Waals surface area contributed by atoms with Gasteiger partial charge in [-0.05, 0) is 49.1 Å². The van der Waals surface area contributed by atoms with Crippen LogP contribution in [0.3, 0.4) is 0 Å². The number of likely N-dealkylation sites (tertiary alicyclic amines) is 1. The summed E-state index contributed by atoms with van der Waals surface area (Å²) in [5.74, 6) is -1.38. The smallest absolute Gasteiger partial charge is 0.321 e. The van der Waals surface area contributed by atoms with Crippen LogP contribution in [0, 0.1) is 11.7 Å². The van der Waals surface area contributed by atoms with Gasteiger partial charge in [0.25, 0.3) is 0 Å². The van der Waals surface area contributed by atoms with Crippen molar-refractivity contribution in [3.63, 3.8) is 0 Å². The molecule has 2 aromatic carbocycles. The monoisotopic (exact) mass is 428 g/mol. The van der Waals surface area contributed by atoms with Gasteiger partial charge in [-0.2, -0.15) is 0 Å². The standard InChI is InChI=1S/C22H25FN4O4/c1-31-19-8-3-2-7-18(19)26-22(30)27-11-9-15(10-12-27)14-24-20(28)21(29)25-17-6-4-5-16(23)13-17/h2-8,13,15H,9-12,14H2,1H3,(H,24,28)(H,25,29)(H,26,30). The average molecular weight is 428 g/mol. The first kappa shape index (κ1) is 22.1. The van der Waals surface area contributed by atoms with E-state index >= 15 is 0 Å². The average Bonchev–Trinajstić information content (AvgIpc) is 2.78. The fourth-order valence-corrected chi connectivity index (χ4v) is 3.35. The molecule has 31 heavy (non-hydrogen) atoms. The summed E-state index contributed by atoms with van der Waals surface area (Å²) in [7, 11) is 1.54. The number of urea groups is 1. The van der Waals surface area contributed by atoms with Crippen molar-refractivity contribution in [3.8, 4) is 5.75 Å². The zero-order valence-corrected chi connectivity index (χ0v) is 17.2. The second-order valence-electron chi connectivity index (χ2n) is 7.24. The van der Waals surface area contributed by atoms with Crippen LogP contribution in [-0.4, -0.2) is 49.5 Å². The second-order valence-corrected chi connectivity index (χ2v) is 7.24. The van der Waals surface area contributed by atoms with E-state index in [-0.39, 0.29) is 17.6 Å². The van der Waals surface area contributed by atoms with Crippen LogP contribution in [0.15, 0.2) is 48.5 Å². The summed E-state index contributed by atoms with van der Waals surface area (Å²) in [6.45, 7) is 1.41. The number of methoxy groups -OCH3 is 1. The van der Waals surface area contributed by atoms with Crippen LogP contribution in [0.5, 0.6) is 5.75 Å². The molecule has 0 aliphatic carbocycles. The van der Waals surface area contributed by atoms with E-state index in [1.165, 1.54) is 18.2 Å². The Morgan fingerprint density at radius 1 is 1.03 bits per heavy atom. The fourth-order valence-electron chi connectivity index (χ4n) is 3.35. The zero-order valence-electron chi connectivity index (χ0n) is 17.2. The number of nitrogens with zero attached hydrogens (tertiary/aromatic N) is 1. The van der Waals surface area contributed by atoms with Crippen LogP contribution in [0.1, 0.15) is 12.8 Å². The molecule has 1 fully saturated rings. The minimum absolute atomic E-state index is 0.154. The number of halogens is 1. The van der Waals surface area contributed by atoms with Crippen LogP contribution in [0.25, 0.3) is 0 Å². The summed E-state index contributed by atoms with van der Waals surface area (Å²) >= 11 is 0. The fraction of sp³-hybridized carbons (Fsp3) is 0.318. The van der Waals surface area contributed by atoms with Crippen molar-refractivity contribution in [3.05, 3.63) is 54.3 Å². The van der Waals surface area contributed by atoms with E-state index < -0.39 is 17.6 Å². The Kier molecular flexibility index (Phi) is 7.42. The number of piperidine rings is 1. The maximum atomic E-state index is 13.2. The summed E-state index contributed by atoms with van der Waals surface area (Å²) in [5.41, 5.74) is 0.822. The number of nitrogens with one attached hydrogen (secondary N) is 3. The molecule has 1 aliphatic rings. The minimum Gasteiger partial charge on any atom is -0.495 e. The van der Waals surface area contributed by atoms with Gasteiger partial charge in [0.05, 0.1) is 12.8 Å². The molecule has 0 aromatic heterocycles. The normalized spacial score (nSPS) is 13.9. The van der Waals surface area contributed by atoms with Gasteiger partial charge in [-0.15, -0.1) is 0 Å². The summed E-state index contributed by atoms with van der Waals surface area (Å²) in [6.07, 6.45) is 1.40. The molecule has 0 spiro atoms. The molecule has 3 N–H and O–H groups in total. The van der Waals surface area contributed by atoms with Gasteiger partial charge in [0.2, 0.25) is 0 Å². The lowest BCUT2D eigenvalue weighted by atomic mass is 9.97.